The van der Waals surface area contributed by atoms with E-state index in [0.29, 0.717) is 17.9 Å². The first-order valence-corrected chi connectivity index (χ1v) is 7.08. The summed E-state index contributed by atoms with van der Waals surface area (Å²) in [5.41, 5.74) is 3.23. The van der Waals surface area contributed by atoms with E-state index in [-0.39, 0.29) is 5.69 Å². The van der Waals surface area contributed by atoms with Crippen molar-refractivity contribution >= 4 is 16.9 Å². The van der Waals surface area contributed by atoms with Crippen LogP contribution in [-0.4, -0.2) is 27.2 Å². The zero-order valence-electron chi connectivity index (χ0n) is 12.0. The molecule has 0 aliphatic carbocycles. The third-order valence-electron chi connectivity index (χ3n) is 3.98. The minimum Gasteiger partial charge on any atom is -0.493 e. The second kappa shape index (κ2) is 4.85. The summed E-state index contributed by atoms with van der Waals surface area (Å²) >= 11 is 0. The highest BCUT2D eigenvalue weighted by Gasteiger charge is 2.18. The van der Waals surface area contributed by atoms with Crippen LogP contribution in [0, 0.1) is 11.3 Å². The summed E-state index contributed by atoms with van der Waals surface area (Å²) in [5.74, 6) is -0.243. The molecule has 0 saturated heterocycles. The molecule has 1 aliphatic rings. The molecule has 0 radical (unpaired) electrons. The molecule has 0 spiro atoms. The molecule has 1 aromatic carbocycles. The van der Waals surface area contributed by atoms with Gasteiger partial charge in [-0.1, -0.05) is 0 Å². The Balaban J connectivity index is 1.93. The summed E-state index contributed by atoms with van der Waals surface area (Å²) in [4.78, 5) is 14.9. The van der Waals surface area contributed by atoms with Crippen LogP contribution in [0.1, 0.15) is 21.6 Å². The zero-order chi connectivity index (χ0) is 16.0. The van der Waals surface area contributed by atoms with Crippen molar-refractivity contribution in [1.82, 2.24) is 9.55 Å². The molecule has 1 N–H and O–H groups in total. The number of carbonyl (C=O) groups is 1. The van der Waals surface area contributed by atoms with Gasteiger partial charge in [-0.05, 0) is 29.8 Å². The van der Waals surface area contributed by atoms with Crippen molar-refractivity contribution in [2.75, 3.05) is 6.61 Å². The Morgan fingerprint density at radius 1 is 1.39 bits per heavy atom. The molecule has 23 heavy (non-hydrogen) atoms. The molecule has 3 heterocycles. The Hall–Kier alpha value is -3.33. The lowest BCUT2D eigenvalue weighted by molar-refractivity contribution is 0.0690. The van der Waals surface area contributed by atoms with Gasteiger partial charge in [-0.15, -0.1) is 0 Å². The summed E-state index contributed by atoms with van der Waals surface area (Å²) in [7, 11) is 0. The fourth-order valence-corrected chi connectivity index (χ4v) is 2.85. The number of fused-ring (bicyclic) bond motifs is 2. The third-order valence-corrected chi connectivity index (χ3v) is 3.98. The zero-order valence-corrected chi connectivity index (χ0v) is 12.0. The molecule has 0 amide bonds. The smallest absolute Gasteiger partial charge is 0.354 e. The van der Waals surface area contributed by atoms with Gasteiger partial charge in [-0.3, -0.25) is 0 Å². The highest BCUT2D eigenvalue weighted by Crippen LogP contribution is 2.34. The Kier molecular flexibility index (Phi) is 2.81. The van der Waals surface area contributed by atoms with Crippen LogP contribution >= 0.6 is 0 Å². The monoisotopic (exact) mass is 305 g/mol. The van der Waals surface area contributed by atoms with Gasteiger partial charge < -0.3 is 14.4 Å². The predicted molar refractivity (Wildman–Crippen MR) is 81.9 cm³/mol. The van der Waals surface area contributed by atoms with E-state index in [4.69, 9.17) is 9.84 Å². The van der Waals surface area contributed by atoms with E-state index in [1.807, 2.05) is 16.7 Å². The van der Waals surface area contributed by atoms with Gasteiger partial charge in [0.25, 0.3) is 0 Å². The number of rotatable bonds is 2. The maximum Gasteiger partial charge on any atom is 0.354 e. The molecular formula is C17H11N3O3. The molecule has 2 aromatic heterocycles. The van der Waals surface area contributed by atoms with E-state index in [2.05, 4.69) is 11.1 Å². The molecule has 6 nitrogen and oxygen atoms in total. The van der Waals surface area contributed by atoms with E-state index in [1.165, 1.54) is 12.3 Å². The van der Waals surface area contributed by atoms with Crippen molar-refractivity contribution < 1.29 is 14.6 Å². The Morgan fingerprint density at radius 2 is 2.26 bits per heavy atom. The topological polar surface area (TPSA) is 88.1 Å². The number of hydrogen-bond donors (Lipinski definition) is 1. The first-order valence-electron chi connectivity index (χ1n) is 7.08. The number of nitriles is 1. The van der Waals surface area contributed by atoms with Gasteiger partial charge in [0.05, 0.1) is 29.6 Å². The maximum atomic E-state index is 10.9. The lowest BCUT2D eigenvalue weighted by atomic mass is 10.1. The molecule has 0 atom stereocenters. The van der Waals surface area contributed by atoms with Crippen molar-refractivity contribution in [3.05, 3.63) is 53.5 Å². The number of pyridine rings is 1. The predicted octanol–water partition coefficient (Wildman–Crippen LogP) is 2.53. The molecule has 6 heteroatoms. The number of carboxylic acids is 1. The van der Waals surface area contributed by atoms with E-state index >= 15 is 0 Å². The SMILES string of the molecule is N#Cc1cn(-c2ccc(C(=O)O)nc2)c2cc3c(cc12)OCC3. The van der Waals surface area contributed by atoms with Crippen LogP contribution in [0.15, 0.2) is 36.7 Å². The minimum absolute atomic E-state index is 0.0139. The number of carboxylic acid groups (broad SMARTS) is 1. The fraction of sp³-hybridized carbons (Fsp3) is 0.118. The van der Waals surface area contributed by atoms with Crippen molar-refractivity contribution in [2.45, 2.75) is 6.42 Å². The summed E-state index contributed by atoms with van der Waals surface area (Å²) in [6, 6.07) is 9.23. The van der Waals surface area contributed by atoms with Crippen LogP contribution in [0.2, 0.25) is 0 Å². The molecule has 1 aliphatic heterocycles. The lowest BCUT2D eigenvalue weighted by Crippen LogP contribution is -2.01. The van der Waals surface area contributed by atoms with Crippen molar-refractivity contribution in [1.29, 1.82) is 5.26 Å². The molecule has 112 valence electrons. The number of benzene rings is 1. The molecule has 0 saturated carbocycles. The average molecular weight is 305 g/mol. The number of aromatic carboxylic acids is 1. The normalized spacial score (nSPS) is 12.7. The molecule has 0 fully saturated rings. The maximum absolute atomic E-state index is 10.9. The number of nitrogens with zero attached hydrogens (tertiary/aromatic N) is 3. The quantitative estimate of drug-likeness (QED) is 0.786. The largest absolute Gasteiger partial charge is 0.493 e. The molecule has 0 bridgehead atoms. The van der Waals surface area contributed by atoms with Gasteiger partial charge in [0.2, 0.25) is 0 Å². The Labute approximate surface area is 131 Å². The Bertz CT molecular complexity index is 981. The van der Waals surface area contributed by atoms with Gasteiger partial charge in [0, 0.05) is 18.0 Å². The highest BCUT2D eigenvalue weighted by molar-refractivity contribution is 5.90. The van der Waals surface area contributed by atoms with Gasteiger partial charge in [-0.2, -0.15) is 5.26 Å². The average Bonchev–Trinajstić information content (AvgIpc) is 3.16. The third kappa shape index (κ3) is 2.02. The van der Waals surface area contributed by atoms with Gasteiger partial charge in [-0.25, -0.2) is 9.78 Å². The number of hydrogen-bond acceptors (Lipinski definition) is 4. The van der Waals surface area contributed by atoms with E-state index in [1.54, 1.807) is 12.3 Å². The van der Waals surface area contributed by atoms with E-state index in [9.17, 15) is 10.1 Å². The molecule has 4 rings (SSSR count). The second-order valence-corrected chi connectivity index (χ2v) is 5.31. The van der Waals surface area contributed by atoms with E-state index < -0.39 is 5.97 Å². The molecular weight excluding hydrogens is 294 g/mol. The highest BCUT2D eigenvalue weighted by atomic mass is 16.5. The standard InChI is InChI=1S/C17H11N3O3/c18-7-11-9-20(12-1-2-14(17(21)22)19-8-12)15-5-10-3-4-23-16(10)6-13(11)15/h1-2,5-6,8-9H,3-4H2,(H,21,22). The second-order valence-electron chi connectivity index (χ2n) is 5.31. The fourth-order valence-electron chi connectivity index (χ4n) is 2.85. The van der Waals surface area contributed by atoms with Crippen LogP contribution < -0.4 is 4.74 Å². The van der Waals surface area contributed by atoms with Crippen LogP contribution in [0.3, 0.4) is 0 Å². The van der Waals surface area contributed by atoms with Gasteiger partial charge in [0.15, 0.2) is 0 Å². The van der Waals surface area contributed by atoms with E-state index in [0.717, 1.165) is 28.6 Å². The minimum atomic E-state index is -1.07. The van der Waals surface area contributed by atoms with Gasteiger partial charge >= 0.3 is 5.97 Å². The first kappa shape index (κ1) is 13.3. The summed E-state index contributed by atoms with van der Waals surface area (Å²) in [6.45, 7) is 0.651. The van der Waals surface area contributed by atoms with Crippen molar-refractivity contribution in [2.24, 2.45) is 0 Å². The van der Waals surface area contributed by atoms with Crippen LogP contribution in [0.5, 0.6) is 5.75 Å². The number of aromatic nitrogens is 2. The molecule has 3 aromatic rings. The van der Waals surface area contributed by atoms with Gasteiger partial charge in [0.1, 0.15) is 17.5 Å². The summed E-state index contributed by atoms with van der Waals surface area (Å²) < 4.78 is 7.42. The van der Waals surface area contributed by atoms with Crippen LogP contribution in [0.25, 0.3) is 16.6 Å². The first-order chi connectivity index (χ1) is 11.2. The van der Waals surface area contributed by atoms with Crippen LogP contribution in [-0.2, 0) is 6.42 Å². The van der Waals surface area contributed by atoms with Crippen molar-refractivity contribution in [3.63, 3.8) is 0 Å². The summed E-state index contributed by atoms with van der Waals surface area (Å²) in [5, 5.41) is 19.1. The number of ether oxygens (including phenoxy) is 1. The Morgan fingerprint density at radius 3 is 2.96 bits per heavy atom. The summed E-state index contributed by atoms with van der Waals surface area (Å²) in [6.07, 6.45) is 4.07. The lowest BCUT2D eigenvalue weighted by Gasteiger charge is -2.06. The van der Waals surface area contributed by atoms with Crippen LogP contribution in [0.4, 0.5) is 0 Å². The van der Waals surface area contributed by atoms with Crippen molar-refractivity contribution in [3.8, 4) is 17.5 Å². The molecule has 0 unspecified atom stereocenters.